The summed E-state index contributed by atoms with van der Waals surface area (Å²) in [5.41, 5.74) is 1.99. The molecule has 1 aromatic heterocycles. The average Bonchev–Trinajstić information content (AvgIpc) is 2.53. The highest BCUT2D eigenvalue weighted by molar-refractivity contribution is 9.10. The molecule has 4 nitrogen and oxygen atoms in total. The third-order valence-electron chi connectivity index (χ3n) is 3.63. The number of halogens is 1. The maximum Gasteiger partial charge on any atom is 0.340 e. The predicted molar refractivity (Wildman–Crippen MR) is 96.3 cm³/mol. The fourth-order valence-electron chi connectivity index (χ4n) is 2.17. The number of carbonyl (C=O) groups is 2. The zero-order valence-corrected chi connectivity index (χ0v) is 15.8. The predicted octanol–water partition coefficient (Wildman–Crippen LogP) is 4.57. The second-order valence-corrected chi connectivity index (χ2v) is 7.55. The lowest BCUT2D eigenvalue weighted by atomic mass is 9.86. The highest BCUT2D eigenvalue weighted by atomic mass is 79.9. The van der Waals surface area contributed by atoms with Gasteiger partial charge in [0.15, 0.2) is 6.10 Å². The van der Waals surface area contributed by atoms with Gasteiger partial charge in [0.05, 0.1) is 5.56 Å². The number of ketones is 1. The van der Waals surface area contributed by atoms with Crippen molar-refractivity contribution in [2.45, 2.75) is 39.2 Å². The van der Waals surface area contributed by atoms with Crippen LogP contribution in [-0.4, -0.2) is 22.8 Å². The van der Waals surface area contributed by atoms with Crippen LogP contribution in [0.5, 0.6) is 0 Å². The smallest absolute Gasteiger partial charge is 0.340 e. The maximum absolute atomic E-state index is 12.4. The van der Waals surface area contributed by atoms with Crippen LogP contribution in [0.3, 0.4) is 0 Å². The topological polar surface area (TPSA) is 56.3 Å². The summed E-state index contributed by atoms with van der Waals surface area (Å²) in [6.45, 7) is 7.91. The molecule has 2 aromatic rings. The van der Waals surface area contributed by atoms with Crippen LogP contribution >= 0.6 is 15.9 Å². The van der Waals surface area contributed by atoms with Crippen molar-refractivity contribution in [3.63, 3.8) is 0 Å². The van der Waals surface area contributed by atoms with Crippen LogP contribution < -0.4 is 0 Å². The van der Waals surface area contributed by atoms with E-state index in [0.29, 0.717) is 15.6 Å². The molecule has 126 valence electrons. The van der Waals surface area contributed by atoms with Gasteiger partial charge in [-0.25, -0.2) is 4.79 Å². The van der Waals surface area contributed by atoms with Gasteiger partial charge in [-0.3, -0.25) is 9.78 Å². The van der Waals surface area contributed by atoms with E-state index in [4.69, 9.17) is 4.74 Å². The van der Waals surface area contributed by atoms with Crippen LogP contribution in [0.15, 0.2) is 47.2 Å². The second-order valence-electron chi connectivity index (χ2n) is 6.63. The standard InChI is InChI=1S/C19H20BrNO3/c1-12(24-18(23)14-9-16(20)11-21-10-14)17(22)13-5-7-15(8-6-13)19(2,3)4/h5-12H,1-4H3/t12-/m1/s1. The molecule has 0 N–H and O–H groups in total. The molecule has 1 heterocycles. The molecule has 0 saturated heterocycles. The first-order valence-electron chi connectivity index (χ1n) is 7.65. The van der Waals surface area contributed by atoms with Crippen molar-refractivity contribution in [1.29, 1.82) is 0 Å². The number of ether oxygens (including phenoxy) is 1. The van der Waals surface area contributed by atoms with Crippen LogP contribution in [0.1, 0.15) is 54.0 Å². The van der Waals surface area contributed by atoms with Crippen LogP contribution in [0, 0.1) is 0 Å². The Morgan fingerprint density at radius 3 is 2.25 bits per heavy atom. The van der Waals surface area contributed by atoms with Crippen molar-refractivity contribution in [1.82, 2.24) is 4.98 Å². The van der Waals surface area contributed by atoms with E-state index in [1.807, 2.05) is 12.1 Å². The first-order chi connectivity index (χ1) is 11.2. The average molecular weight is 390 g/mol. The van der Waals surface area contributed by atoms with Gasteiger partial charge in [-0.2, -0.15) is 0 Å². The molecule has 0 fully saturated rings. The number of hydrogen-bond acceptors (Lipinski definition) is 4. The van der Waals surface area contributed by atoms with Crippen LogP contribution in [-0.2, 0) is 10.2 Å². The SMILES string of the molecule is C[C@@H](OC(=O)c1cncc(Br)c1)C(=O)c1ccc(C(C)(C)C)cc1. The number of carbonyl (C=O) groups excluding carboxylic acids is 2. The normalized spacial score (nSPS) is 12.5. The molecule has 0 unspecified atom stereocenters. The van der Waals surface area contributed by atoms with E-state index in [-0.39, 0.29) is 11.2 Å². The Balaban J connectivity index is 2.08. The summed E-state index contributed by atoms with van der Waals surface area (Å²) in [5, 5.41) is 0. The molecular weight excluding hydrogens is 370 g/mol. The van der Waals surface area contributed by atoms with Crippen molar-refractivity contribution in [2.75, 3.05) is 0 Å². The van der Waals surface area contributed by atoms with E-state index < -0.39 is 12.1 Å². The number of benzene rings is 1. The van der Waals surface area contributed by atoms with Gasteiger partial charge < -0.3 is 4.74 Å². The maximum atomic E-state index is 12.4. The van der Waals surface area contributed by atoms with Crippen LogP contribution in [0.2, 0.25) is 0 Å². The number of nitrogens with zero attached hydrogens (tertiary/aromatic N) is 1. The molecule has 0 aliphatic rings. The van der Waals surface area contributed by atoms with E-state index in [9.17, 15) is 9.59 Å². The minimum Gasteiger partial charge on any atom is -0.451 e. The highest BCUT2D eigenvalue weighted by Gasteiger charge is 2.21. The van der Waals surface area contributed by atoms with Gasteiger partial charge in [-0.15, -0.1) is 0 Å². The molecule has 0 aliphatic carbocycles. The van der Waals surface area contributed by atoms with Crippen molar-refractivity contribution in [3.8, 4) is 0 Å². The Labute approximate surface area is 150 Å². The van der Waals surface area contributed by atoms with Gasteiger partial charge in [0, 0.05) is 22.4 Å². The lowest BCUT2D eigenvalue weighted by Gasteiger charge is -2.19. The fourth-order valence-corrected chi connectivity index (χ4v) is 2.54. The quantitative estimate of drug-likeness (QED) is 0.567. The molecule has 0 amide bonds. The van der Waals surface area contributed by atoms with Gasteiger partial charge >= 0.3 is 5.97 Å². The Morgan fingerprint density at radius 1 is 1.08 bits per heavy atom. The monoisotopic (exact) mass is 389 g/mol. The van der Waals surface area contributed by atoms with E-state index in [2.05, 4.69) is 41.7 Å². The number of hydrogen-bond donors (Lipinski definition) is 0. The zero-order valence-electron chi connectivity index (χ0n) is 14.2. The van der Waals surface area contributed by atoms with Gasteiger partial charge in [0.1, 0.15) is 0 Å². The van der Waals surface area contributed by atoms with E-state index in [1.54, 1.807) is 31.3 Å². The Hall–Kier alpha value is -2.01. The van der Waals surface area contributed by atoms with Crippen LogP contribution in [0.25, 0.3) is 0 Å². The molecule has 0 radical (unpaired) electrons. The molecule has 24 heavy (non-hydrogen) atoms. The molecular formula is C19H20BrNO3. The minimum absolute atomic E-state index is 0.0212. The third-order valence-corrected chi connectivity index (χ3v) is 4.06. The van der Waals surface area contributed by atoms with Gasteiger partial charge in [0.25, 0.3) is 0 Å². The minimum atomic E-state index is -0.864. The fraction of sp³-hybridized carbons (Fsp3) is 0.316. The summed E-state index contributed by atoms with van der Waals surface area (Å²) in [5.74, 6) is -0.803. The highest BCUT2D eigenvalue weighted by Crippen LogP contribution is 2.22. The molecule has 0 saturated carbocycles. The number of esters is 1. The van der Waals surface area contributed by atoms with E-state index >= 15 is 0 Å². The van der Waals surface area contributed by atoms with E-state index in [0.717, 1.165) is 5.56 Å². The summed E-state index contributed by atoms with van der Waals surface area (Å²) < 4.78 is 5.93. The first-order valence-corrected chi connectivity index (χ1v) is 8.44. The van der Waals surface area contributed by atoms with Crippen molar-refractivity contribution in [3.05, 3.63) is 63.9 Å². The lowest BCUT2D eigenvalue weighted by molar-refractivity contribution is 0.0318. The number of pyridine rings is 1. The summed E-state index contributed by atoms with van der Waals surface area (Å²) in [7, 11) is 0. The van der Waals surface area contributed by atoms with Crippen molar-refractivity contribution >= 4 is 27.7 Å². The number of rotatable bonds is 4. The molecule has 0 spiro atoms. The summed E-state index contributed by atoms with van der Waals surface area (Å²) in [4.78, 5) is 28.4. The third kappa shape index (κ3) is 4.51. The van der Waals surface area contributed by atoms with Gasteiger partial charge in [0.2, 0.25) is 5.78 Å². The molecule has 1 atom stereocenters. The van der Waals surface area contributed by atoms with Gasteiger partial charge in [-0.05, 0) is 39.9 Å². The number of aromatic nitrogens is 1. The molecule has 1 aromatic carbocycles. The number of Topliss-reactive ketones (excluding diaryl/α,β-unsaturated/α-hetero) is 1. The largest absolute Gasteiger partial charge is 0.451 e. The molecule has 5 heteroatoms. The molecule has 0 aliphatic heterocycles. The molecule has 0 bridgehead atoms. The van der Waals surface area contributed by atoms with Gasteiger partial charge in [-0.1, -0.05) is 45.0 Å². The Morgan fingerprint density at radius 2 is 1.71 bits per heavy atom. The second kappa shape index (κ2) is 7.26. The van der Waals surface area contributed by atoms with Crippen molar-refractivity contribution in [2.24, 2.45) is 0 Å². The Bertz CT molecular complexity index is 748. The zero-order chi connectivity index (χ0) is 17.9. The Kier molecular flexibility index (Phi) is 5.54. The summed E-state index contributed by atoms with van der Waals surface area (Å²) >= 11 is 3.25. The summed E-state index contributed by atoms with van der Waals surface area (Å²) in [6, 6.07) is 9.01. The summed E-state index contributed by atoms with van der Waals surface area (Å²) in [6.07, 6.45) is 2.11. The van der Waals surface area contributed by atoms with Crippen LogP contribution in [0.4, 0.5) is 0 Å². The van der Waals surface area contributed by atoms with E-state index in [1.165, 1.54) is 6.20 Å². The molecule has 2 rings (SSSR count). The lowest BCUT2D eigenvalue weighted by Crippen LogP contribution is -2.24. The first kappa shape index (κ1) is 18.3. The van der Waals surface area contributed by atoms with Crippen molar-refractivity contribution < 1.29 is 14.3 Å².